The van der Waals surface area contributed by atoms with E-state index in [1.165, 1.54) is 13.5 Å². The maximum Gasteiger partial charge on any atom is 0.248 e. The van der Waals surface area contributed by atoms with E-state index in [1.807, 2.05) is 49.9 Å². The Labute approximate surface area is 327 Å². The quantitative estimate of drug-likeness (QED) is 0.0467. The molecule has 2 aliphatic rings. The van der Waals surface area contributed by atoms with E-state index in [9.17, 15) is 9.59 Å². The number of carbonyl (C=O) groups is 2. The highest BCUT2D eigenvalue weighted by atomic mass is 17.2. The van der Waals surface area contributed by atoms with Crippen LogP contribution in [0, 0.1) is 11.8 Å². The molecule has 14 heteroatoms. The first-order valence-electron chi connectivity index (χ1n) is 19.4. The topological polar surface area (TPSA) is 167 Å². The zero-order valence-electron chi connectivity index (χ0n) is 32.6. The first-order chi connectivity index (χ1) is 27.2. The molecular weight excluding hydrogens is 709 g/mol. The van der Waals surface area contributed by atoms with Crippen LogP contribution in [0.2, 0.25) is 0 Å². The van der Waals surface area contributed by atoms with Crippen LogP contribution in [0.4, 0.5) is 5.95 Å². The van der Waals surface area contributed by atoms with Gasteiger partial charge in [0.05, 0.1) is 43.0 Å². The smallest absolute Gasteiger partial charge is 0.248 e. The van der Waals surface area contributed by atoms with E-state index in [0.717, 1.165) is 71.0 Å². The minimum atomic E-state index is -0.568. The van der Waals surface area contributed by atoms with Crippen molar-refractivity contribution in [3.63, 3.8) is 0 Å². The Morgan fingerprint density at radius 3 is 1.73 bits per heavy atom. The molecule has 0 radical (unpaired) electrons. The maximum atomic E-state index is 13.8. The van der Waals surface area contributed by atoms with Gasteiger partial charge in [-0.3, -0.25) is 9.59 Å². The van der Waals surface area contributed by atoms with Crippen LogP contribution in [0.25, 0.3) is 33.6 Å². The number of aromatic amines is 2. The second-order valence-electron chi connectivity index (χ2n) is 15.0. The summed E-state index contributed by atoms with van der Waals surface area (Å²) >= 11 is 0. The number of imidazole rings is 2. The number of nitrogens with zero attached hydrogens (tertiary/aromatic N) is 7. The molecule has 3 aromatic heterocycles. The average molecular weight is 759 g/mol. The summed E-state index contributed by atoms with van der Waals surface area (Å²) in [5.74, 6) is 2.04. The molecule has 14 nitrogen and oxygen atoms in total. The van der Waals surface area contributed by atoms with Crippen LogP contribution in [0.1, 0.15) is 77.1 Å². The number of rotatable bonds is 14. The zero-order chi connectivity index (χ0) is 39.2. The van der Waals surface area contributed by atoms with Crippen LogP contribution in [-0.4, -0.2) is 90.2 Å². The van der Waals surface area contributed by atoms with Gasteiger partial charge in [0.25, 0.3) is 0 Å². The van der Waals surface area contributed by atoms with Crippen molar-refractivity contribution in [3.8, 4) is 33.6 Å². The van der Waals surface area contributed by atoms with Gasteiger partial charge in [0.2, 0.25) is 24.2 Å². The lowest BCUT2D eigenvalue weighted by molar-refractivity contribution is -0.188. The van der Waals surface area contributed by atoms with Crippen molar-refractivity contribution in [2.75, 3.05) is 25.5 Å². The lowest BCUT2D eigenvalue weighted by atomic mass is 10.0. The first kappa shape index (κ1) is 38.4. The normalized spacial score (nSPS) is 18.3. The molecule has 2 aliphatic heterocycles. The zero-order valence-corrected chi connectivity index (χ0v) is 32.6. The number of hydrogen-bond donors (Lipinski definition) is 3. The van der Waals surface area contributed by atoms with Crippen LogP contribution >= 0.6 is 0 Å². The van der Waals surface area contributed by atoms with Gasteiger partial charge >= 0.3 is 0 Å². The fraction of sp³-hybridized carbons (Fsp3) is 0.405. The highest BCUT2D eigenvalue weighted by Gasteiger charge is 2.38. The molecule has 4 atom stereocenters. The van der Waals surface area contributed by atoms with Gasteiger partial charge in [-0.25, -0.2) is 24.9 Å². The van der Waals surface area contributed by atoms with Crippen molar-refractivity contribution in [1.29, 1.82) is 0 Å². The Bertz CT molecular complexity index is 2100. The number of amides is 2. The van der Waals surface area contributed by atoms with Crippen LogP contribution in [-0.2, 0) is 19.4 Å². The largest absolute Gasteiger partial charge is 0.342 e. The predicted octanol–water partition coefficient (Wildman–Crippen LogP) is 7.02. The molecule has 2 amide bonds. The summed E-state index contributed by atoms with van der Waals surface area (Å²) in [5.41, 5.74) is 6.00. The van der Waals surface area contributed by atoms with Gasteiger partial charge < -0.3 is 30.0 Å². The van der Waals surface area contributed by atoms with Crippen LogP contribution < -0.4 is 5.32 Å². The van der Waals surface area contributed by atoms with Crippen LogP contribution in [0.3, 0.4) is 0 Å². The minimum Gasteiger partial charge on any atom is -0.342 e. The summed E-state index contributed by atoms with van der Waals surface area (Å²) in [7, 11) is 1.40. The van der Waals surface area contributed by atoms with Crippen LogP contribution in [0.5, 0.6) is 0 Å². The van der Waals surface area contributed by atoms with Gasteiger partial charge in [-0.05, 0) is 65.8 Å². The van der Waals surface area contributed by atoms with Crippen molar-refractivity contribution in [1.82, 2.24) is 39.7 Å². The maximum absolute atomic E-state index is 13.8. The number of aliphatic imine (C=N–C) groups is 1. The van der Waals surface area contributed by atoms with Crippen molar-refractivity contribution in [2.45, 2.75) is 77.5 Å². The molecule has 3 N–H and O–H groups in total. The van der Waals surface area contributed by atoms with Crippen molar-refractivity contribution in [3.05, 3.63) is 91.0 Å². The minimum absolute atomic E-state index is 0.00423. The number of likely N-dealkylation sites (tertiary alicyclic amines) is 2. The molecule has 0 unspecified atom stereocenters. The lowest BCUT2D eigenvalue weighted by Crippen LogP contribution is -2.45. The molecule has 56 heavy (non-hydrogen) atoms. The Balaban J connectivity index is 0.996. The third-order valence-corrected chi connectivity index (χ3v) is 10.6. The summed E-state index contributed by atoms with van der Waals surface area (Å²) in [6, 6.07) is 17.2. The number of hydrogen-bond acceptors (Lipinski definition) is 10. The molecular formula is C42H50N10O4. The van der Waals surface area contributed by atoms with Gasteiger partial charge in [0, 0.05) is 25.5 Å². The van der Waals surface area contributed by atoms with Gasteiger partial charge in [0.1, 0.15) is 23.7 Å². The Hall–Kier alpha value is -5.89. The second-order valence-corrected chi connectivity index (χ2v) is 15.0. The Morgan fingerprint density at radius 1 is 0.750 bits per heavy atom. The third-order valence-electron chi connectivity index (χ3n) is 10.6. The molecule has 5 heterocycles. The highest BCUT2D eigenvalue weighted by molar-refractivity contribution is 5.85. The first-order valence-corrected chi connectivity index (χ1v) is 19.4. The molecule has 7 rings (SSSR count). The fourth-order valence-corrected chi connectivity index (χ4v) is 7.65. The van der Waals surface area contributed by atoms with Crippen molar-refractivity contribution in [2.24, 2.45) is 16.8 Å². The number of nitrogens with one attached hydrogen (secondary N) is 3. The van der Waals surface area contributed by atoms with E-state index in [0.29, 0.717) is 19.0 Å². The summed E-state index contributed by atoms with van der Waals surface area (Å²) in [4.78, 5) is 69.9. The van der Waals surface area contributed by atoms with Crippen LogP contribution in [0.15, 0.2) is 84.4 Å². The third kappa shape index (κ3) is 8.35. The number of carbonyl (C=O) groups excluding carboxylic acids is 2. The van der Waals surface area contributed by atoms with Crippen molar-refractivity contribution < 1.29 is 19.4 Å². The molecule has 292 valence electrons. The molecule has 5 aromatic rings. The molecule has 0 bridgehead atoms. The SMILES string of the molecule is COO/C=N\[C@H](C(=O)N1CCC[C@H]1c1ncc(-c2ccc(-c3ccc(-c4cnc([C@@H]5CCCN5C(=O)[C@H](Nc5ncccn5)C(C)C)[nH]4)cc3)cc2)[nH]1)C(C)C. The van der Waals surface area contributed by atoms with E-state index in [2.05, 4.69) is 83.7 Å². The molecule has 0 spiro atoms. The monoisotopic (exact) mass is 758 g/mol. The number of benzene rings is 2. The highest BCUT2D eigenvalue weighted by Crippen LogP contribution is 2.35. The Morgan fingerprint density at radius 2 is 1.25 bits per heavy atom. The second kappa shape index (κ2) is 17.3. The summed E-state index contributed by atoms with van der Waals surface area (Å²) in [6.07, 6.45) is 11.7. The molecule has 2 fully saturated rings. The Kier molecular flexibility index (Phi) is 11.8. The molecule has 2 saturated heterocycles. The summed E-state index contributed by atoms with van der Waals surface area (Å²) < 4.78 is 0. The molecule has 0 aliphatic carbocycles. The summed E-state index contributed by atoms with van der Waals surface area (Å²) in [6.45, 7) is 9.32. The van der Waals surface area contributed by atoms with E-state index in [-0.39, 0.29) is 35.7 Å². The predicted molar refractivity (Wildman–Crippen MR) is 214 cm³/mol. The fourth-order valence-electron chi connectivity index (χ4n) is 7.65. The molecule has 2 aromatic carbocycles. The van der Waals surface area contributed by atoms with E-state index in [4.69, 9.17) is 14.9 Å². The van der Waals surface area contributed by atoms with Gasteiger partial charge in [-0.2, -0.15) is 4.89 Å². The molecule has 0 saturated carbocycles. The van der Waals surface area contributed by atoms with Gasteiger partial charge in [-0.1, -0.05) is 76.2 Å². The lowest BCUT2D eigenvalue weighted by Gasteiger charge is -2.30. The van der Waals surface area contributed by atoms with Crippen molar-refractivity contribution >= 4 is 24.2 Å². The number of anilines is 1. The van der Waals surface area contributed by atoms with E-state index < -0.39 is 12.1 Å². The standard InChI is InChI=1S/C42H50N10O4/c1-26(2)36(47-25-56-55-5)40(53)51-21-6-9-34(51)38-45-23-32(48-38)30-15-11-28(12-16-30)29-13-17-31(18-14-29)33-24-46-39(49-33)35-10-7-22-52(35)41(54)37(27(3)4)50-42-43-19-8-20-44-42/h8,11-20,23-27,34-37H,6-7,9-10,21-22H2,1-5H3,(H,45,48)(H,46,49)(H,43,44,50)/b47-25-/t34-,35-,36-,37+/m0/s1. The van der Waals surface area contributed by atoms with Gasteiger partial charge in [-0.15, -0.1) is 0 Å². The van der Waals surface area contributed by atoms with E-state index in [1.54, 1.807) is 18.5 Å². The number of H-pyrrole nitrogens is 2. The average Bonchev–Trinajstić information content (AvgIpc) is 4.06. The summed E-state index contributed by atoms with van der Waals surface area (Å²) in [5, 5.41) is 3.25. The van der Waals surface area contributed by atoms with Gasteiger partial charge in [0.15, 0.2) is 0 Å². The number of aromatic nitrogens is 6. The van der Waals surface area contributed by atoms with E-state index >= 15 is 0 Å².